The van der Waals surface area contributed by atoms with Crippen molar-refractivity contribution in [1.29, 1.82) is 0 Å². The summed E-state index contributed by atoms with van der Waals surface area (Å²) in [6.07, 6.45) is 0.674. The molecule has 0 spiro atoms. The summed E-state index contributed by atoms with van der Waals surface area (Å²) in [5.41, 5.74) is 4.89. The summed E-state index contributed by atoms with van der Waals surface area (Å²) in [5.74, 6) is 0.932. The molecule has 0 saturated carbocycles. The first kappa shape index (κ1) is 12.1. The van der Waals surface area contributed by atoms with Gasteiger partial charge in [0, 0.05) is 6.54 Å². The molecule has 0 saturated heterocycles. The minimum Gasteiger partial charge on any atom is -0.388 e. The van der Waals surface area contributed by atoms with Crippen LogP contribution < -0.4 is 11.1 Å². The second-order valence-electron chi connectivity index (χ2n) is 4.27. The van der Waals surface area contributed by atoms with Gasteiger partial charge in [-0.1, -0.05) is 6.92 Å². The Labute approximate surface area is 104 Å². The number of rotatable bonds is 4. The monoisotopic (exact) mass is 252 g/mol. The quantitative estimate of drug-likeness (QED) is 0.773. The number of fused-ring (bicyclic) bond motifs is 1. The summed E-state index contributed by atoms with van der Waals surface area (Å²) in [6.45, 7) is 4.16. The van der Waals surface area contributed by atoms with E-state index in [2.05, 4.69) is 15.3 Å². The molecule has 92 valence electrons. The van der Waals surface area contributed by atoms with Gasteiger partial charge in [-0.2, -0.15) is 4.98 Å². The normalized spacial score (nSPS) is 14.8. The molecule has 2 aromatic heterocycles. The van der Waals surface area contributed by atoms with Gasteiger partial charge >= 0.3 is 0 Å². The predicted molar refractivity (Wildman–Crippen MR) is 71.2 cm³/mol. The fourth-order valence-corrected chi connectivity index (χ4v) is 2.18. The highest BCUT2D eigenvalue weighted by Gasteiger charge is 2.18. The van der Waals surface area contributed by atoms with Crippen LogP contribution in [0.25, 0.3) is 10.2 Å². The van der Waals surface area contributed by atoms with E-state index >= 15 is 0 Å². The van der Waals surface area contributed by atoms with E-state index in [9.17, 15) is 5.11 Å². The molecule has 0 aliphatic heterocycles. The highest BCUT2D eigenvalue weighted by molar-refractivity contribution is 7.16. The van der Waals surface area contributed by atoms with E-state index in [1.54, 1.807) is 6.92 Å². The predicted octanol–water partition coefficient (Wildman–Crippen LogP) is 1.85. The maximum atomic E-state index is 9.94. The molecule has 0 aromatic carbocycles. The lowest BCUT2D eigenvalue weighted by Crippen LogP contribution is -2.32. The third-order valence-corrected chi connectivity index (χ3v) is 3.55. The lowest BCUT2D eigenvalue weighted by Gasteiger charge is -2.22. The minimum absolute atomic E-state index is 0.249. The van der Waals surface area contributed by atoms with E-state index in [4.69, 9.17) is 5.73 Å². The average Bonchev–Trinajstić information content (AvgIpc) is 2.73. The molecule has 0 bridgehead atoms. The Balaban J connectivity index is 2.26. The molecule has 2 heterocycles. The van der Waals surface area contributed by atoms with E-state index in [1.165, 1.54) is 11.3 Å². The number of aromatic nitrogens is 2. The van der Waals surface area contributed by atoms with Crippen molar-refractivity contribution in [2.45, 2.75) is 25.9 Å². The van der Waals surface area contributed by atoms with Crippen LogP contribution in [0.1, 0.15) is 20.3 Å². The van der Waals surface area contributed by atoms with Gasteiger partial charge in [0.1, 0.15) is 10.6 Å². The first-order valence-electron chi connectivity index (χ1n) is 5.49. The molecule has 2 aromatic rings. The van der Waals surface area contributed by atoms with Crippen molar-refractivity contribution in [3.8, 4) is 0 Å². The van der Waals surface area contributed by atoms with Gasteiger partial charge in [-0.25, -0.2) is 4.98 Å². The number of aliphatic hydroxyl groups is 1. The SMILES string of the molecule is CCC(C)(O)CNc1nc(N)nc2sccc12. The number of hydrogen-bond acceptors (Lipinski definition) is 6. The van der Waals surface area contributed by atoms with Crippen LogP contribution in [0.3, 0.4) is 0 Å². The Morgan fingerprint density at radius 3 is 3.00 bits per heavy atom. The Kier molecular flexibility index (Phi) is 3.17. The number of hydrogen-bond donors (Lipinski definition) is 3. The molecular formula is C11H16N4OS. The van der Waals surface area contributed by atoms with Gasteiger partial charge in [-0.3, -0.25) is 0 Å². The lowest BCUT2D eigenvalue weighted by atomic mass is 10.0. The lowest BCUT2D eigenvalue weighted by molar-refractivity contribution is 0.0697. The molecule has 17 heavy (non-hydrogen) atoms. The molecule has 5 nitrogen and oxygen atoms in total. The maximum absolute atomic E-state index is 9.94. The third kappa shape index (κ3) is 2.65. The summed E-state index contributed by atoms with van der Waals surface area (Å²) in [4.78, 5) is 9.16. The number of nitrogen functional groups attached to an aromatic ring is 1. The summed E-state index contributed by atoms with van der Waals surface area (Å²) in [6, 6.07) is 1.95. The highest BCUT2D eigenvalue weighted by Crippen LogP contribution is 2.26. The molecule has 1 atom stereocenters. The number of nitrogens with one attached hydrogen (secondary N) is 1. The van der Waals surface area contributed by atoms with Crippen LogP contribution in [0.4, 0.5) is 11.8 Å². The number of anilines is 2. The summed E-state index contributed by atoms with van der Waals surface area (Å²) in [5, 5.41) is 16.0. The topological polar surface area (TPSA) is 84.1 Å². The summed E-state index contributed by atoms with van der Waals surface area (Å²) < 4.78 is 0. The fourth-order valence-electron chi connectivity index (χ4n) is 1.41. The Hall–Kier alpha value is -1.40. The van der Waals surface area contributed by atoms with Crippen LogP contribution in [0, 0.1) is 0 Å². The standard InChI is InChI=1S/C11H16N4OS/c1-3-11(2,16)6-13-8-7-4-5-17-9(7)15-10(12)14-8/h4-5,16H,3,6H2,1-2H3,(H3,12,13,14,15). The minimum atomic E-state index is -0.748. The van der Waals surface area contributed by atoms with Gasteiger partial charge in [-0.05, 0) is 24.8 Å². The molecule has 2 rings (SSSR count). The largest absolute Gasteiger partial charge is 0.388 e. The second kappa shape index (κ2) is 4.46. The summed E-state index contributed by atoms with van der Waals surface area (Å²) >= 11 is 1.52. The van der Waals surface area contributed by atoms with Crippen molar-refractivity contribution in [3.05, 3.63) is 11.4 Å². The number of nitrogens with zero attached hydrogens (tertiary/aromatic N) is 2. The van der Waals surface area contributed by atoms with Gasteiger partial charge in [0.25, 0.3) is 0 Å². The molecule has 6 heteroatoms. The first-order chi connectivity index (χ1) is 8.02. The van der Waals surface area contributed by atoms with Gasteiger partial charge < -0.3 is 16.2 Å². The molecule has 0 amide bonds. The van der Waals surface area contributed by atoms with Gasteiger partial charge in [0.05, 0.1) is 11.0 Å². The van der Waals surface area contributed by atoms with Crippen molar-refractivity contribution >= 4 is 33.3 Å². The van der Waals surface area contributed by atoms with Gasteiger partial charge in [0.15, 0.2) is 0 Å². The molecule has 0 fully saturated rings. The summed E-state index contributed by atoms with van der Waals surface area (Å²) in [7, 11) is 0. The smallest absolute Gasteiger partial charge is 0.223 e. The molecular weight excluding hydrogens is 236 g/mol. The Bertz CT molecular complexity index is 523. The zero-order valence-electron chi connectivity index (χ0n) is 9.90. The zero-order chi connectivity index (χ0) is 12.5. The van der Waals surface area contributed by atoms with E-state index < -0.39 is 5.60 Å². The van der Waals surface area contributed by atoms with E-state index in [0.29, 0.717) is 18.8 Å². The molecule has 0 radical (unpaired) electrons. The highest BCUT2D eigenvalue weighted by atomic mass is 32.1. The fraction of sp³-hybridized carbons (Fsp3) is 0.455. The van der Waals surface area contributed by atoms with E-state index in [0.717, 1.165) is 10.2 Å². The molecule has 0 aliphatic carbocycles. The van der Waals surface area contributed by atoms with E-state index in [1.807, 2.05) is 18.4 Å². The van der Waals surface area contributed by atoms with Crippen LogP contribution in [0.2, 0.25) is 0 Å². The molecule has 0 aliphatic rings. The van der Waals surface area contributed by atoms with Crippen LogP contribution in [-0.4, -0.2) is 27.2 Å². The molecule has 1 unspecified atom stereocenters. The van der Waals surface area contributed by atoms with Crippen LogP contribution in [0.15, 0.2) is 11.4 Å². The second-order valence-corrected chi connectivity index (χ2v) is 5.17. The maximum Gasteiger partial charge on any atom is 0.223 e. The van der Waals surface area contributed by atoms with Crippen molar-refractivity contribution < 1.29 is 5.11 Å². The molecule has 4 N–H and O–H groups in total. The van der Waals surface area contributed by atoms with Crippen molar-refractivity contribution in [1.82, 2.24) is 9.97 Å². The zero-order valence-corrected chi connectivity index (χ0v) is 10.7. The third-order valence-electron chi connectivity index (χ3n) is 2.74. The van der Waals surface area contributed by atoms with Crippen molar-refractivity contribution in [2.24, 2.45) is 0 Å². The number of nitrogens with two attached hydrogens (primary N) is 1. The van der Waals surface area contributed by atoms with Crippen LogP contribution >= 0.6 is 11.3 Å². The van der Waals surface area contributed by atoms with Crippen LogP contribution in [0.5, 0.6) is 0 Å². The Morgan fingerprint density at radius 1 is 1.53 bits per heavy atom. The van der Waals surface area contributed by atoms with E-state index in [-0.39, 0.29) is 5.95 Å². The van der Waals surface area contributed by atoms with Gasteiger partial charge in [-0.15, -0.1) is 11.3 Å². The van der Waals surface area contributed by atoms with Crippen molar-refractivity contribution in [3.63, 3.8) is 0 Å². The van der Waals surface area contributed by atoms with Gasteiger partial charge in [0.2, 0.25) is 5.95 Å². The Morgan fingerprint density at radius 2 is 2.29 bits per heavy atom. The number of thiophene rings is 1. The first-order valence-corrected chi connectivity index (χ1v) is 6.37. The average molecular weight is 252 g/mol. The van der Waals surface area contributed by atoms with Crippen molar-refractivity contribution in [2.75, 3.05) is 17.6 Å². The van der Waals surface area contributed by atoms with Crippen LogP contribution in [-0.2, 0) is 0 Å².